The Kier molecular flexibility index (Phi) is 3.38. The highest BCUT2D eigenvalue weighted by atomic mass is 32.2. The molecule has 0 aliphatic heterocycles. The van der Waals surface area contributed by atoms with E-state index in [2.05, 4.69) is 13.0 Å². The lowest BCUT2D eigenvalue weighted by Gasteiger charge is -2.35. The lowest BCUT2D eigenvalue weighted by molar-refractivity contribution is 0.543. The molecule has 0 saturated carbocycles. The van der Waals surface area contributed by atoms with E-state index in [4.69, 9.17) is 11.5 Å². The molecule has 4 N–H and O–H groups in total. The van der Waals surface area contributed by atoms with E-state index in [1.165, 1.54) is 4.91 Å². The molecule has 0 aromatic rings. The highest BCUT2D eigenvalue weighted by Gasteiger charge is 2.35. The summed E-state index contributed by atoms with van der Waals surface area (Å²) in [4.78, 5) is 0.791. The molecule has 13 heavy (non-hydrogen) atoms. The standard InChI is InChI=1S/C9H16N2S2/c1-6-4-7(12-2)5-8(10)9(6,11)13-3/h4-6H,10-11H2,1-3H3. The highest BCUT2D eigenvalue weighted by molar-refractivity contribution is 8.02. The molecule has 2 nitrogen and oxygen atoms in total. The van der Waals surface area contributed by atoms with E-state index in [0.29, 0.717) is 0 Å². The van der Waals surface area contributed by atoms with Gasteiger partial charge in [0.15, 0.2) is 0 Å². The minimum Gasteiger partial charge on any atom is -0.400 e. The average molecular weight is 216 g/mol. The molecule has 0 radical (unpaired) electrons. The minimum atomic E-state index is -0.417. The fourth-order valence-corrected chi connectivity index (χ4v) is 2.70. The summed E-state index contributed by atoms with van der Waals surface area (Å²) in [5, 5.41) is 0. The van der Waals surface area contributed by atoms with Gasteiger partial charge in [0.2, 0.25) is 0 Å². The van der Waals surface area contributed by atoms with Gasteiger partial charge in [-0.2, -0.15) is 0 Å². The third-order valence-corrected chi connectivity index (χ3v) is 4.42. The van der Waals surface area contributed by atoms with Crippen molar-refractivity contribution in [3.8, 4) is 0 Å². The van der Waals surface area contributed by atoms with Gasteiger partial charge in [-0.25, -0.2) is 0 Å². The Bertz CT molecular complexity index is 260. The van der Waals surface area contributed by atoms with Crippen molar-refractivity contribution in [1.82, 2.24) is 0 Å². The van der Waals surface area contributed by atoms with Gasteiger partial charge < -0.3 is 11.5 Å². The van der Waals surface area contributed by atoms with Crippen LogP contribution in [0, 0.1) is 5.92 Å². The Hall–Kier alpha value is -0.0600. The molecule has 1 rings (SSSR count). The first-order valence-electron chi connectivity index (χ1n) is 4.12. The van der Waals surface area contributed by atoms with Crippen LogP contribution in [0.25, 0.3) is 0 Å². The number of hydrogen-bond donors (Lipinski definition) is 2. The average Bonchev–Trinajstić information content (AvgIpc) is 2.13. The van der Waals surface area contributed by atoms with Crippen molar-refractivity contribution in [2.24, 2.45) is 17.4 Å². The van der Waals surface area contributed by atoms with Crippen molar-refractivity contribution in [2.45, 2.75) is 11.8 Å². The molecule has 0 heterocycles. The first-order valence-corrected chi connectivity index (χ1v) is 6.57. The fraction of sp³-hybridized carbons (Fsp3) is 0.556. The molecule has 4 heteroatoms. The normalized spacial score (nSPS) is 34.0. The maximum Gasteiger partial charge on any atom is 0.108 e. The lowest BCUT2D eigenvalue weighted by atomic mass is 9.94. The van der Waals surface area contributed by atoms with E-state index in [1.54, 1.807) is 23.5 Å². The first-order chi connectivity index (χ1) is 6.04. The fourth-order valence-electron chi connectivity index (χ4n) is 1.38. The van der Waals surface area contributed by atoms with Gasteiger partial charge in [0.25, 0.3) is 0 Å². The van der Waals surface area contributed by atoms with Crippen molar-refractivity contribution >= 4 is 23.5 Å². The van der Waals surface area contributed by atoms with E-state index in [9.17, 15) is 0 Å². The number of hydrogen-bond acceptors (Lipinski definition) is 4. The molecule has 2 unspecified atom stereocenters. The predicted octanol–water partition coefficient (Wildman–Crippen LogP) is 1.74. The SMILES string of the molecule is CSC1=CC(C)C(N)(SC)C(N)=C1. The summed E-state index contributed by atoms with van der Waals surface area (Å²) in [6.07, 6.45) is 8.19. The Morgan fingerprint density at radius 3 is 2.46 bits per heavy atom. The van der Waals surface area contributed by atoms with Gasteiger partial charge >= 0.3 is 0 Å². The van der Waals surface area contributed by atoms with Crippen LogP contribution in [0.4, 0.5) is 0 Å². The van der Waals surface area contributed by atoms with Crippen molar-refractivity contribution in [1.29, 1.82) is 0 Å². The molecule has 0 aromatic heterocycles. The van der Waals surface area contributed by atoms with Crippen LogP contribution >= 0.6 is 23.5 Å². The molecule has 0 aromatic carbocycles. The third kappa shape index (κ3) is 1.90. The Balaban J connectivity index is 2.99. The van der Waals surface area contributed by atoms with Crippen molar-refractivity contribution in [2.75, 3.05) is 12.5 Å². The quantitative estimate of drug-likeness (QED) is 0.690. The minimum absolute atomic E-state index is 0.287. The smallest absolute Gasteiger partial charge is 0.108 e. The zero-order valence-corrected chi connectivity index (χ0v) is 9.84. The Morgan fingerprint density at radius 2 is 2.08 bits per heavy atom. The van der Waals surface area contributed by atoms with Gasteiger partial charge in [-0.15, -0.1) is 23.5 Å². The number of rotatable bonds is 2. The zero-order valence-electron chi connectivity index (χ0n) is 8.20. The lowest BCUT2D eigenvalue weighted by Crippen LogP contribution is -2.48. The molecule has 1 aliphatic carbocycles. The summed E-state index contributed by atoms with van der Waals surface area (Å²) in [6, 6.07) is 0. The Labute approximate surface area is 88.2 Å². The van der Waals surface area contributed by atoms with Gasteiger partial charge in [-0.1, -0.05) is 13.0 Å². The van der Waals surface area contributed by atoms with Crippen LogP contribution in [-0.2, 0) is 0 Å². The maximum atomic E-state index is 6.18. The topological polar surface area (TPSA) is 52.0 Å². The van der Waals surface area contributed by atoms with E-state index in [1.807, 2.05) is 18.6 Å². The second-order valence-corrected chi connectivity index (χ2v) is 5.12. The van der Waals surface area contributed by atoms with E-state index >= 15 is 0 Å². The third-order valence-electron chi connectivity index (χ3n) is 2.41. The molecule has 0 spiro atoms. The second-order valence-electron chi connectivity index (χ2n) is 3.16. The molecule has 0 fully saturated rings. The summed E-state index contributed by atoms with van der Waals surface area (Å²) in [5.41, 5.74) is 12.9. The molecule has 0 saturated heterocycles. The van der Waals surface area contributed by atoms with Crippen LogP contribution < -0.4 is 11.5 Å². The van der Waals surface area contributed by atoms with Crippen LogP contribution in [0.1, 0.15) is 6.92 Å². The predicted molar refractivity (Wildman–Crippen MR) is 63.5 cm³/mol. The van der Waals surface area contributed by atoms with Gasteiger partial charge in [-0.3, -0.25) is 0 Å². The van der Waals surface area contributed by atoms with Crippen molar-refractivity contribution < 1.29 is 0 Å². The van der Waals surface area contributed by atoms with Crippen LogP contribution in [0.5, 0.6) is 0 Å². The second kappa shape index (κ2) is 3.98. The van der Waals surface area contributed by atoms with Crippen LogP contribution in [-0.4, -0.2) is 17.4 Å². The van der Waals surface area contributed by atoms with E-state index in [0.717, 1.165) is 5.70 Å². The summed E-state index contributed by atoms with van der Waals surface area (Å²) < 4.78 is 0. The van der Waals surface area contributed by atoms with Gasteiger partial charge in [0.1, 0.15) is 4.87 Å². The first kappa shape index (κ1) is 11.0. The summed E-state index contributed by atoms with van der Waals surface area (Å²) in [7, 11) is 0. The largest absolute Gasteiger partial charge is 0.400 e. The highest BCUT2D eigenvalue weighted by Crippen LogP contribution is 2.38. The molecule has 74 valence electrons. The number of thioether (sulfide) groups is 2. The molecule has 1 aliphatic rings. The van der Waals surface area contributed by atoms with E-state index in [-0.39, 0.29) is 5.92 Å². The molecule has 2 atom stereocenters. The van der Waals surface area contributed by atoms with Gasteiger partial charge in [-0.05, 0) is 18.6 Å². The number of nitrogens with two attached hydrogens (primary N) is 2. The molecular weight excluding hydrogens is 200 g/mol. The molecular formula is C9H16N2S2. The number of allylic oxidation sites excluding steroid dienone is 1. The summed E-state index contributed by atoms with van der Waals surface area (Å²) >= 11 is 3.31. The summed E-state index contributed by atoms with van der Waals surface area (Å²) in [5.74, 6) is 0.287. The van der Waals surface area contributed by atoms with Gasteiger partial charge in [0.05, 0.1) is 0 Å². The molecule has 0 bridgehead atoms. The Morgan fingerprint density at radius 1 is 1.46 bits per heavy atom. The van der Waals surface area contributed by atoms with Crippen LogP contribution in [0.15, 0.2) is 22.8 Å². The summed E-state index contributed by atoms with van der Waals surface area (Å²) in [6.45, 7) is 2.10. The van der Waals surface area contributed by atoms with Crippen molar-refractivity contribution in [3.63, 3.8) is 0 Å². The monoisotopic (exact) mass is 216 g/mol. The van der Waals surface area contributed by atoms with Crippen molar-refractivity contribution in [3.05, 3.63) is 22.8 Å². The van der Waals surface area contributed by atoms with Gasteiger partial charge in [0, 0.05) is 16.5 Å². The zero-order chi connectivity index (χ0) is 10.1. The maximum absolute atomic E-state index is 6.18. The van der Waals surface area contributed by atoms with E-state index < -0.39 is 4.87 Å². The van der Waals surface area contributed by atoms with Crippen LogP contribution in [0.3, 0.4) is 0 Å². The molecule has 0 amide bonds. The van der Waals surface area contributed by atoms with Crippen LogP contribution in [0.2, 0.25) is 0 Å².